The van der Waals surface area contributed by atoms with Crippen LogP contribution in [0.2, 0.25) is 0 Å². The van der Waals surface area contributed by atoms with Crippen LogP contribution in [0.3, 0.4) is 0 Å². The van der Waals surface area contributed by atoms with Crippen molar-refractivity contribution in [1.82, 2.24) is 0 Å². The van der Waals surface area contributed by atoms with Crippen molar-refractivity contribution < 1.29 is 9.53 Å². The highest BCUT2D eigenvalue weighted by Gasteiger charge is 2.10. The molecule has 0 unspecified atom stereocenters. The quantitative estimate of drug-likeness (QED) is 0.471. The number of rotatable bonds is 3. The third kappa shape index (κ3) is 3.54. The summed E-state index contributed by atoms with van der Waals surface area (Å²) in [6, 6.07) is 7.69. The third-order valence-corrected chi connectivity index (χ3v) is 2.73. The van der Waals surface area contributed by atoms with Crippen LogP contribution in [0.15, 0.2) is 35.4 Å². The Morgan fingerprint density at radius 1 is 1.38 bits per heavy atom. The van der Waals surface area contributed by atoms with Crippen molar-refractivity contribution in [3.05, 3.63) is 46.5 Å². The lowest BCUT2D eigenvalue weighted by Crippen LogP contribution is -2.00. The lowest BCUT2D eigenvalue weighted by Gasteiger charge is -2.05. The molecular formula is C12H12Cl2O2. The molecule has 0 spiro atoms. The van der Waals surface area contributed by atoms with Gasteiger partial charge in [0, 0.05) is 0 Å². The highest BCUT2D eigenvalue weighted by atomic mass is 35.5. The van der Waals surface area contributed by atoms with E-state index >= 15 is 0 Å². The Bertz CT molecular complexity index is 396. The molecule has 0 fully saturated rings. The molecule has 0 amide bonds. The predicted octanol–water partition coefficient (Wildman–Crippen LogP) is 3.57. The summed E-state index contributed by atoms with van der Waals surface area (Å²) in [5.74, 6) is -0.584. The summed E-state index contributed by atoms with van der Waals surface area (Å²) in [5, 5.41) is -0.449. The summed E-state index contributed by atoms with van der Waals surface area (Å²) in [5.41, 5.74) is 2.03. The molecule has 0 saturated carbocycles. The topological polar surface area (TPSA) is 26.3 Å². The largest absolute Gasteiger partial charge is 0.465 e. The van der Waals surface area contributed by atoms with E-state index in [0.717, 1.165) is 11.1 Å². The summed E-state index contributed by atoms with van der Waals surface area (Å²) in [4.78, 5) is 11.1. The van der Waals surface area contributed by atoms with Crippen LogP contribution in [0, 0.1) is 6.92 Å². The van der Waals surface area contributed by atoms with E-state index in [1.165, 1.54) is 13.2 Å². The number of methoxy groups -OCH3 is 1. The smallest absolute Gasteiger partial charge is 0.349 e. The molecule has 4 heteroatoms. The fraction of sp³-hybridized carbons (Fsp3) is 0.250. The van der Waals surface area contributed by atoms with Gasteiger partial charge >= 0.3 is 5.97 Å². The third-order valence-electron chi connectivity index (χ3n) is 2.07. The van der Waals surface area contributed by atoms with Crippen molar-refractivity contribution in [1.29, 1.82) is 0 Å². The minimum Gasteiger partial charge on any atom is -0.465 e. The van der Waals surface area contributed by atoms with Crippen LogP contribution in [0.5, 0.6) is 0 Å². The van der Waals surface area contributed by atoms with E-state index in [2.05, 4.69) is 4.74 Å². The Morgan fingerprint density at radius 3 is 2.44 bits per heavy atom. The molecule has 1 aromatic carbocycles. The Balaban J connectivity index is 2.82. The highest BCUT2D eigenvalue weighted by molar-refractivity contribution is 6.41. The second-order valence-electron chi connectivity index (χ2n) is 3.32. The van der Waals surface area contributed by atoms with Crippen molar-refractivity contribution in [2.45, 2.75) is 12.3 Å². The molecule has 0 aliphatic heterocycles. The van der Waals surface area contributed by atoms with Crippen molar-refractivity contribution in [2.75, 3.05) is 7.11 Å². The molecule has 1 rings (SSSR count). The summed E-state index contributed by atoms with van der Waals surface area (Å²) in [7, 11) is 1.27. The number of esters is 1. The van der Waals surface area contributed by atoms with E-state index in [4.69, 9.17) is 23.2 Å². The zero-order valence-corrected chi connectivity index (χ0v) is 10.5. The van der Waals surface area contributed by atoms with Crippen LogP contribution in [-0.4, -0.2) is 13.1 Å². The van der Waals surface area contributed by atoms with Gasteiger partial charge in [-0.3, -0.25) is 0 Å². The van der Waals surface area contributed by atoms with E-state index in [9.17, 15) is 4.79 Å². The molecule has 0 bridgehead atoms. The van der Waals surface area contributed by atoms with Crippen LogP contribution in [-0.2, 0) is 9.53 Å². The first-order chi connectivity index (χ1) is 7.54. The maximum absolute atomic E-state index is 11.1. The van der Waals surface area contributed by atoms with Crippen LogP contribution >= 0.6 is 23.2 Å². The molecule has 0 aromatic heterocycles. The molecule has 1 aromatic rings. The number of ether oxygens (including phenoxy) is 1. The van der Waals surface area contributed by atoms with Crippen molar-refractivity contribution in [3.8, 4) is 0 Å². The van der Waals surface area contributed by atoms with Gasteiger partial charge < -0.3 is 4.74 Å². The zero-order chi connectivity index (χ0) is 12.1. The first kappa shape index (κ1) is 13.1. The van der Waals surface area contributed by atoms with E-state index < -0.39 is 11.3 Å². The van der Waals surface area contributed by atoms with Gasteiger partial charge in [0.1, 0.15) is 5.03 Å². The lowest BCUT2D eigenvalue weighted by atomic mass is 10.1. The van der Waals surface area contributed by atoms with Gasteiger partial charge in [-0.15, -0.1) is 11.6 Å². The number of carbonyl (C=O) groups excluding carboxylic acids is 1. The van der Waals surface area contributed by atoms with E-state index in [-0.39, 0.29) is 5.03 Å². The summed E-state index contributed by atoms with van der Waals surface area (Å²) >= 11 is 11.8. The molecule has 0 aliphatic rings. The van der Waals surface area contributed by atoms with Crippen molar-refractivity contribution in [3.63, 3.8) is 0 Å². The SMILES string of the molecule is COC(=O)/C(Cl)=C/[C@H](Cl)c1ccc(C)cc1. The normalized spacial score (nSPS) is 13.4. The predicted molar refractivity (Wildman–Crippen MR) is 65.7 cm³/mol. The van der Waals surface area contributed by atoms with Gasteiger partial charge in [0.25, 0.3) is 0 Å². The number of hydrogen-bond acceptors (Lipinski definition) is 2. The number of carbonyl (C=O) groups is 1. The number of hydrogen-bond donors (Lipinski definition) is 0. The molecule has 2 nitrogen and oxygen atoms in total. The fourth-order valence-electron chi connectivity index (χ4n) is 1.14. The molecule has 86 valence electrons. The average Bonchev–Trinajstić information content (AvgIpc) is 2.28. The van der Waals surface area contributed by atoms with Crippen molar-refractivity contribution >= 4 is 29.2 Å². The van der Waals surface area contributed by atoms with Gasteiger partial charge in [0.15, 0.2) is 0 Å². The summed E-state index contributed by atoms with van der Waals surface area (Å²) in [6.45, 7) is 1.99. The Hall–Kier alpha value is -0.990. The number of alkyl halides is 1. The number of benzene rings is 1. The molecular weight excluding hydrogens is 247 g/mol. The highest BCUT2D eigenvalue weighted by Crippen LogP contribution is 2.24. The van der Waals surface area contributed by atoms with Crippen LogP contribution in [0.4, 0.5) is 0 Å². The van der Waals surface area contributed by atoms with Crippen molar-refractivity contribution in [2.24, 2.45) is 0 Å². The zero-order valence-electron chi connectivity index (χ0n) is 9.04. The van der Waals surface area contributed by atoms with E-state index in [1.807, 2.05) is 31.2 Å². The summed E-state index contributed by atoms with van der Waals surface area (Å²) < 4.78 is 4.47. The Labute approximate surface area is 105 Å². The van der Waals surface area contributed by atoms with E-state index in [1.54, 1.807) is 0 Å². The second-order valence-corrected chi connectivity index (χ2v) is 4.20. The molecule has 0 N–H and O–H groups in total. The number of aryl methyl sites for hydroxylation is 1. The Morgan fingerprint density at radius 2 is 1.94 bits per heavy atom. The molecule has 0 aliphatic carbocycles. The first-order valence-corrected chi connectivity index (χ1v) is 5.52. The van der Waals surface area contributed by atoms with Crippen LogP contribution in [0.1, 0.15) is 16.5 Å². The lowest BCUT2D eigenvalue weighted by molar-refractivity contribution is -0.135. The molecule has 0 heterocycles. The van der Waals surface area contributed by atoms with Gasteiger partial charge in [-0.2, -0.15) is 0 Å². The monoisotopic (exact) mass is 258 g/mol. The van der Waals surface area contributed by atoms with Gasteiger partial charge in [-0.25, -0.2) is 4.79 Å². The van der Waals surface area contributed by atoms with Gasteiger partial charge in [0.2, 0.25) is 0 Å². The Kier molecular flexibility index (Phi) is 4.84. The maximum Gasteiger partial charge on any atom is 0.349 e. The van der Waals surface area contributed by atoms with Gasteiger partial charge in [-0.05, 0) is 18.6 Å². The molecule has 0 saturated heterocycles. The molecule has 1 atom stereocenters. The fourth-order valence-corrected chi connectivity index (χ4v) is 1.68. The van der Waals surface area contributed by atoms with E-state index in [0.29, 0.717) is 0 Å². The maximum atomic E-state index is 11.1. The summed E-state index contributed by atoms with van der Waals surface area (Å²) in [6.07, 6.45) is 1.46. The molecule has 16 heavy (non-hydrogen) atoms. The van der Waals surface area contributed by atoms with Crippen LogP contribution in [0.25, 0.3) is 0 Å². The van der Waals surface area contributed by atoms with Gasteiger partial charge in [-0.1, -0.05) is 41.4 Å². The second kappa shape index (κ2) is 5.92. The minimum atomic E-state index is -0.584. The van der Waals surface area contributed by atoms with Crippen LogP contribution < -0.4 is 0 Å². The molecule has 0 radical (unpaired) electrons. The number of halogens is 2. The average molecular weight is 259 g/mol. The standard InChI is InChI=1S/C12H12Cl2O2/c1-8-3-5-9(6-4-8)10(13)7-11(14)12(15)16-2/h3-7,10H,1-2H3/b11-7-/t10-/m0/s1. The minimum absolute atomic E-state index is 0.0110. The van der Waals surface area contributed by atoms with Gasteiger partial charge in [0.05, 0.1) is 12.5 Å². The number of allylic oxidation sites excluding steroid dienone is 1. The first-order valence-electron chi connectivity index (χ1n) is 4.71.